The fraction of sp³-hybridized carbons (Fsp3) is 0.176. The molecule has 0 radical (unpaired) electrons. The molecule has 2 rings (SSSR count). The summed E-state index contributed by atoms with van der Waals surface area (Å²) in [6, 6.07) is 12.7. The third-order valence-corrected chi connectivity index (χ3v) is 4.32. The molecule has 0 fully saturated rings. The Balaban J connectivity index is 2.12. The van der Waals surface area contributed by atoms with Crippen LogP contribution in [0.1, 0.15) is 12.5 Å². The quantitative estimate of drug-likeness (QED) is 0.503. The fourth-order valence-corrected chi connectivity index (χ4v) is 2.78. The Hall–Kier alpha value is -3.07. The summed E-state index contributed by atoms with van der Waals surface area (Å²) in [6.45, 7) is 1.91. The molecular formula is C17H19N3O5S. The number of rotatable bonds is 9. The van der Waals surface area contributed by atoms with Gasteiger partial charge in [0, 0.05) is 0 Å². The number of nitrogens with two attached hydrogens (primary N) is 1. The van der Waals surface area contributed by atoms with Crippen LogP contribution in [-0.2, 0) is 14.8 Å². The van der Waals surface area contributed by atoms with Crippen molar-refractivity contribution >= 4 is 22.1 Å². The number of sulfonamides is 1. The van der Waals surface area contributed by atoms with Crippen LogP contribution >= 0.6 is 0 Å². The molecule has 0 atom stereocenters. The largest absolute Gasteiger partial charge is 0.490 e. The van der Waals surface area contributed by atoms with E-state index in [-0.39, 0.29) is 11.5 Å². The van der Waals surface area contributed by atoms with Crippen molar-refractivity contribution in [1.29, 1.82) is 0 Å². The summed E-state index contributed by atoms with van der Waals surface area (Å²) in [4.78, 5) is 13.1. The van der Waals surface area contributed by atoms with Gasteiger partial charge >= 0.3 is 0 Å². The van der Waals surface area contributed by atoms with Gasteiger partial charge in [0.2, 0.25) is 0 Å². The Labute approximate surface area is 151 Å². The van der Waals surface area contributed by atoms with Gasteiger partial charge in [-0.3, -0.25) is 4.79 Å². The number of nitrogens with one attached hydrogen (secondary N) is 1. The number of hydrogen-bond acceptors (Lipinski definition) is 6. The molecule has 138 valence electrons. The third kappa shape index (κ3) is 5.49. The average Bonchev–Trinajstić information content (AvgIpc) is 2.62. The number of hydrogen-bond donors (Lipinski definition) is 2. The summed E-state index contributed by atoms with van der Waals surface area (Å²) in [5, 5.41) is 3.76. The van der Waals surface area contributed by atoms with Gasteiger partial charge in [0.15, 0.2) is 18.1 Å². The van der Waals surface area contributed by atoms with Crippen molar-refractivity contribution < 1.29 is 22.7 Å². The third-order valence-electron chi connectivity index (χ3n) is 3.08. The second-order valence-corrected chi connectivity index (χ2v) is 6.72. The van der Waals surface area contributed by atoms with Crippen LogP contribution < -0.4 is 20.0 Å². The number of carbonyl (C=O) groups excluding carboxylic acids is 1. The maximum atomic E-state index is 12.1. The van der Waals surface area contributed by atoms with Gasteiger partial charge in [0.1, 0.15) is 0 Å². The molecule has 26 heavy (non-hydrogen) atoms. The Morgan fingerprint density at radius 3 is 2.54 bits per heavy atom. The van der Waals surface area contributed by atoms with E-state index in [0.29, 0.717) is 23.7 Å². The predicted octanol–water partition coefficient (Wildman–Crippen LogP) is 1.26. The molecule has 9 heteroatoms. The lowest BCUT2D eigenvalue weighted by Gasteiger charge is -2.11. The molecule has 0 saturated carbocycles. The van der Waals surface area contributed by atoms with Crippen LogP contribution in [0.5, 0.6) is 11.5 Å². The van der Waals surface area contributed by atoms with Crippen molar-refractivity contribution in [3.05, 3.63) is 54.1 Å². The SMILES string of the molecule is CCOc1cc(C=NNS(=O)(=O)c2ccccc2)ccc1OCC(N)=O. The van der Waals surface area contributed by atoms with E-state index in [9.17, 15) is 13.2 Å². The number of amides is 1. The highest BCUT2D eigenvalue weighted by Crippen LogP contribution is 2.28. The Morgan fingerprint density at radius 1 is 1.15 bits per heavy atom. The number of carbonyl (C=O) groups is 1. The maximum absolute atomic E-state index is 12.1. The number of primary amides is 1. The first kappa shape index (κ1) is 19.3. The van der Waals surface area contributed by atoms with Gasteiger partial charge in [0.25, 0.3) is 15.9 Å². The molecule has 0 saturated heterocycles. The first-order valence-electron chi connectivity index (χ1n) is 7.70. The van der Waals surface area contributed by atoms with Crippen LogP contribution in [0.3, 0.4) is 0 Å². The Bertz CT molecular complexity index is 883. The zero-order valence-corrected chi connectivity index (χ0v) is 14.9. The van der Waals surface area contributed by atoms with Crippen LogP contribution in [0, 0.1) is 0 Å². The molecule has 1 amide bonds. The molecule has 2 aromatic rings. The van der Waals surface area contributed by atoms with Gasteiger partial charge in [0.05, 0.1) is 17.7 Å². The highest BCUT2D eigenvalue weighted by Gasteiger charge is 2.11. The van der Waals surface area contributed by atoms with E-state index in [4.69, 9.17) is 15.2 Å². The molecule has 0 unspecified atom stereocenters. The maximum Gasteiger partial charge on any atom is 0.276 e. The van der Waals surface area contributed by atoms with Crippen molar-refractivity contribution in [2.24, 2.45) is 10.8 Å². The van der Waals surface area contributed by atoms with Crippen LogP contribution in [0.25, 0.3) is 0 Å². The average molecular weight is 377 g/mol. The minimum absolute atomic E-state index is 0.113. The second-order valence-electron chi connectivity index (χ2n) is 5.06. The minimum atomic E-state index is -3.73. The van der Waals surface area contributed by atoms with Gasteiger partial charge in [-0.2, -0.15) is 13.5 Å². The Morgan fingerprint density at radius 2 is 1.88 bits per heavy atom. The van der Waals surface area contributed by atoms with E-state index in [1.54, 1.807) is 43.3 Å². The Kier molecular flexibility index (Phi) is 6.56. The van der Waals surface area contributed by atoms with E-state index in [2.05, 4.69) is 9.93 Å². The predicted molar refractivity (Wildman–Crippen MR) is 96.7 cm³/mol. The number of ether oxygens (including phenoxy) is 2. The van der Waals surface area contributed by atoms with Gasteiger partial charge in [-0.25, -0.2) is 4.83 Å². The van der Waals surface area contributed by atoms with Crippen LogP contribution in [-0.4, -0.2) is 33.8 Å². The molecule has 3 N–H and O–H groups in total. The summed E-state index contributed by atoms with van der Waals surface area (Å²) in [7, 11) is -3.73. The molecule has 0 aliphatic carbocycles. The number of hydrazone groups is 1. The molecule has 8 nitrogen and oxygen atoms in total. The van der Waals surface area contributed by atoms with E-state index in [1.807, 2.05) is 0 Å². The molecule has 0 aliphatic heterocycles. The summed E-state index contributed by atoms with van der Waals surface area (Å²) in [6.07, 6.45) is 1.33. The molecular weight excluding hydrogens is 358 g/mol. The standard InChI is InChI=1S/C17H19N3O5S/c1-2-24-16-10-13(8-9-15(16)25-12-17(18)21)11-19-20-26(22,23)14-6-4-3-5-7-14/h3-11,20H,2,12H2,1H3,(H2,18,21). The van der Waals surface area contributed by atoms with Gasteiger partial charge in [-0.1, -0.05) is 18.2 Å². The fourth-order valence-electron chi connectivity index (χ4n) is 1.96. The van der Waals surface area contributed by atoms with E-state index >= 15 is 0 Å². The molecule has 2 aromatic carbocycles. The van der Waals surface area contributed by atoms with Crippen LogP contribution in [0.2, 0.25) is 0 Å². The smallest absolute Gasteiger partial charge is 0.276 e. The number of benzene rings is 2. The van der Waals surface area contributed by atoms with Gasteiger partial charge in [-0.05, 0) is 42.8 Å². The van der Waals surface area contributed by atoms with Gasteiger partial charge in [-0.15, -0.1) is 0 Å². The van der Waals surface area contributed by atoms with E-state index in [1.165, 1.54) is 18.3 Å². The molecule has 0 aromatic heterocycles. The summed E-state index contributed by atoms with van der Waals surface area (Å²) >= 11 is 0. The summed E-state index contributed by atoms with van der Waals surface area (Å²) in [5.41, 5.74) is 5.64. The van der Waals surface area contributed by atoms with Crippen LogP contribution in [0.4, 0.5) is 0 Å². The first-order valence-corrected chi connectivity index (χ1v) is 9.18. The summed E-state index contributed by atoms with van der Waals surface area (Å²) in [5.74, 6) is 0.143. The molecule has 0 spiro atoms. The van der Waals surface area contributed by atoms with Crippen molar-refractivity contribution in [3.8, 4) is 11.5 Å². The van der Waals surface area contributed by atoms with Gasteiger partial charge < -0.3 is 15.2 Å². The van der Waals surface area contributed by atoms with E-state index in [0.717, 1.165) is 0 Å². The lowest BCUT2D eigenvalue weighted by Crippen LogP contribution is -2.20. The topological polar surface area (TPSA) is 120 Å². The van der Waals surface area contributed by atoms with Crippen molar-refractivity contribution in [2.75, 3.05) is 13.2 Å². The van der Waals surface area contributed by atoms with E-state index < -0.39 is 15.9 Å². The highest BCUT2D eigenvalue weighted by atomic mass is 32.2. The van der Waals surface area contributed by atoms with Crippen molar-refractivity contribution in [3.63, 3.8) is 0 Å². The second kappa shape index (κ2) is 8.86. The highest BCUT2D eigenvalue weighted by molar-refractivity contribution is 7.89. The molecule has 0 bridgehead atoms. The lowest BCUT2D eigenvalue weighted by molar-refractivity contribution is -0.119. The van der Waals surface area contributed by atoms with Crippen LogP contribution in [0.15, 0.2) is 58.5 Å². The molecule has 0 heterocycles. The van der Waals surface area contributed by atoms with Crippen molar-refractivity contribution in [1.82, 2.24) is 4.83 Å². The zero-order chi connectivity index (χ0) is 19.0. The minimum Gasteiger partial charge on any atom is -0.490 e. The first-order chi connectivity index (χ1) is 12.4. The monoisotopic (exact) mass is 377 g/mol. The molecule has 0 aliphatic rings. The lowest BCUT2D eigenvalue weighted by atomic mass is 10.2. The zero-order valence-electron chi connectivity index (χ0n) is 14.1. The van der Waals surface area contributed by atoms with Crippen molar-refractivity contribution in [2.45, 2.75) is 11.8 Å². The summed E-state index contributed by atoms with van der Waals surface area (Å²) < 4.78 is 34.9. The number of nitrogens with zero attached hydrogens (tertiary/aromatic N) is 1. The normalized spacial score (nSPS) is 11.3.